The van der Waals surface area contributed by atoms with E-state index in [1.54, 1.807) is 14.2 Å². The van der Waals surface area contributed by atoms with Gasteiger partial charge in [0, 0.05) is 50.5 Å². The first kappa shape index (κ1) is 21.9. The number of nitrogens with one attached hydrogen (secondary N) is 1. The third kappa shape index (κ3) is 5.86. The number of nitrogens with zero attached hydrogens (tertiary/aromatic N) is 4. The van der Waals surface area contributed by atoms with Gasteiger partial charge in [0.05, 0.1) is 26.5 Å². The fourth-order valence-electron chi connectivity index (χ4n) is 3.63. The summed E-state index contributed by atoms with van der Waals surface area (Å²) in [6, 6.07) is 12.0. The number of piperazine rings is 1. The number of ether oxygens (including phenoxy) is 2. The second-order valence-electron chi connectivity index (χ2n) is 7.38. The summed E-state index contributed by atoms with van der Waals surface area (Å²) >= 11 is 0. The van der Waals surface area contributed by atoms with Gasteiger partial charge in [0.25, 0.3) is 0 Å². The van der Waals surface area contributed by atoms with Gasteiger partial charge in [0.2, 0.25) is 0 Å². The van der Waals surface area contributed by atoms with Crippen molar-refractivity contribution in [2.45, 2.75) is 26.9 Å². The molecule has 0 atom stereocenters. The molecule has 1 aliphatic rings. The zero-order valence-electron chi connectivity index (χ0n) is 18.5. The molecule has 2 aromatic rings. The summed E-state index contributed by atoms with van der Waals surface area (Å²) < 4.78 is 10.9. The monoisotopic (exact) mass is 411 g/mol. The molecule has 7 heteroatoms. The highest BCUT2D eigenvalue weighted by Crippen LogP contribution is 2.25. The molecule has 2 heterocycles. The minimum Gasteiger partial charge on any atom is -0.497 e. The summed E-state index contributed by atoms with van der Waals surface area (Å²) in [6.07, 6.45) is 0. The summed E-state index contributed by atoms with van der Waals surface area (Å²) in [6.45, 7) is 10.2. The number of aliphatic imine (C=N–C) groups is 1. The number of guanidine groups is 1. The van der Waals surface area contributed by atoms with E-state index in [4.69, 9.17) is 14.5 Å². The molecule has 162 valence electrons. The van der Waals surface area contributed by atoms with Crippen LogP contribution in [0.3, 0.4) is 0 Å². The number of aryl methyl sites for hydroxylation is 1. The Morgan fingerprint density at radius 2 is 1.90 bits per heavy atom. The second-order valence-corrected chi connectivity index (χ2v) is 7.38. The van der Waals surface area contributed by atoms with Crippen LogP contribution < -0.4 is 14.8 Å². The van der Waals surface area contributed by atoms with Crippen LogP contribution in [0.1, 0.15) is 23.9 Å². The van der Waals surface area contributed by atoms with Gasteiger partial charge in [-0.3, -0.25) is 9.88 Å². The molecule has 30 heavy (non-hydrogen) atoms. The van der Waals surface area contributed by atoms with Crippen LogP contribution >= 0.6 is 0 Å². The van der Waals surface area contributed by atoms with Crippen LogP contribution in [0.2, 0.25) is 0 Å². The average Bonchev–Trinajstić information content (AvgIpc) is 2.77. The molecule has 0 amide bonds. The number of rotatable bonds is 7. The Morgan fingerprint density at radius 3 is 2.57 bits per heavy atom. The molecule has 0 unspecified atom stereocenters. The molecule has 7 nitrogen and oxygen atoms in total. The van der Waals surface area contributed by atoms with E-state index < -0.39 is 0 Å². The van der Waals surface area contributed by atoms with Crippen molar-refractivity contribution in [3.8, 4) is 11.5 Å². The minimum absolute atomic E-state index is 0.589. The molecular weight excluding hydrogens is 378 g/mol. The quantitative estimate of drug-likeness (QED) is 0.558. The van der Waals surface area contributed by atoms with Gasteiger partial charge in [0.1, 0.15) is 11.5 Å². The standard InChI is InChI=1S/C23H33N5O2/c1-5-24-23(25-16-20-8-6-7-18(2)26-20)28-13-11-27(12-14-28)17-19-15-21(29-3)9-10-22(19)30-4/h6-10,15H,5,11-14,16-17H2,1-4H3,(H,24,25). The van der Waals surface area contributed by atoms with E-state index in [-0.39, 0.29) is 0 Å². The molecule has 1 fully saturated rings. The SMILES string of the molecule is CCNC(=NCc1cccc(C)n1)N1CCN(Cc2cc(OC)ccc2OC)CC1. The predicted molar refractivity (Wildman–Crippen MR) is 120 cm³/mol. The Hall–Kier alpha value is -2.80. The first-order valence-electron chi connectivity index (χ1n) is 10.5. The van der Waals surface area contributed by atoms with Gasteiger partial charge < -0.3 is 19.7 Å². The molecule has 0 spiro atoms. The third-order valence-electron chi connectivity index (χ3n) is 5.23. The fraction of sp³-hybridized carbons (Fsp3) is 0.478. The van der Waals surface area contributed by atoms with Crippen molar-refractivity contribution in [2.75, 3.05) is 46.9 Å². The van der Waals surface area contributed by atoms with Gasteiger partial charge in [0.15, 0.2) is 5.96 Å². The van der Waals surface area contributed by atoms with Gasteiger partial charge >= 0.3 is 0 Å². The van der Waals surface area contributed by atoms with Gasteiger partial charge in [-0.05, 0) is 44.2 Å². The number of aromatic nitrogens is 1. The first-order valence-corrected chi connectivity index (χ1v) is 10.5. The molecule has 1 N–H and O–H groups in total. The lowest BCUT2D eigenvalue weighted by molar-refractivity contribution is 0.171. The molecule has 1 aromatic carbocycles. The molecule has 3 rings (SSSR count). The maximum atomic E-state index is 5.53. The summed E-state index contributed by atoms with van der Waals surface area (Å²) in [5, 5.41) is 3.43. The van der Waals surface area contributed by atoms with E-state index in [1.807, 2.05) is 37.3 Å². The Kier molecular flexibility index (Phi) is 7.90. The summed E-state index contributed by atoms with van der Waals surface area (Å²) in [4.78, 5) is 14.2. The van der Waals surface area contributed by atoms with Crippen molar-refractivity contribution in [2.24, 2.45) is 4.99 Å². The topological polar surface area (TPSA) is 62.2 Å². The molecule has 0 saturated carbocycles. The zero-order chi connectivity index (χ0) is 21.3. The van der Waals surface area contributed by atoms with E-state index >= 15 is 0 Å². The third-order valence-corrected chi connectivity index (χ3v) is 5.23. The molecule has 0 radical (unpaired) electrons. The Labute approximate surface area is 179 Å². The van der Waals surface area contributed by atoms with Crippen molar-refractivity contribution in [3.63, 3.8) is 0 Å². The molecular formula is C23H33N5O2. The number of hydrogen-bond donors (Lipinski definition) is 1. The first-order chi connectivity index (χ1) is 14.6. The van der Waals surface area contributed by atoms with Crippen molar-refractivity contribution in [3.05, 3.63) is 53.3 Å². The molecule has 0 bridgehead atoms. The van der Waals surface area contributed by atoms with Crippen LogP contribution in [0.5, 0.6) is 11.5 Å². The van der Waals surface area contributed by atoms with Crippen molar-refractivity contribution in [1.29, 1.82) is 0 Å². The highest BCUT2D eigenvalue weighted by Gasteiger charge is 2.21. The maximum Gasteiger partial charge on any atom is 0.194 e. The van der Waals surface area contributed by atoms with E-state index in [0.717, 1.165) is 73.7 Å². The normalized spacial score (nSPS) is 15.2. The van der Waals surface area contributed by atoms with Crippen LogP contribution in [0, 0.1) is 6.92 Å². The largest absolute Gasteiger partial charge is 0.497 e. The van der Waals surface area contributed by atoms with E-state index in [1.165, 1.54) is 0 Å². The summed E-state index contributed by atoms with van der Waals surface area (Å²) in [5.74, 6) is 2.72. The number of methoxy groups -OCH3 is 2. The van der Waals surface area contributed by atoms with Crippen LogP contribution in [0.4, 0.5) is 0 Å². The summed E-state index contributed by atoms with van der Waals surface area (Å²) in [5.41, 5.74) is 3.17. The molecule has 0 aliphatic carbocycles. The minimum atomic E-state index is 0.589. The Morgan fingerprint density at radius 1 is 1.10 bits per heavy atom. The van der Waals surface area contributed by atoms with Crippen molar-refractivity contribution >= 4 is 5.96 Å². The second kappa shape index (κ2) is 10.8. The van der Waals surface area contributed by atoms with E-state index in [0.29, 0.717) is 6.54 Å². The van der Waals surface area contributed by atoms with Crippen LogP contribution in [-0.2, 0) is 13.1 Å². The van der Waals surface area contributed by atoms with Crippen LogP contribution in [0.15, 0.2) is 41.4 Å². The highest BCUT2D eigenvalue weighted by atomic mass is 16.5. The molecule has 1 aromatic heterocycles. The van der Waals surface area contributed by atoms with Crippen molar-refractivity contribution < 1.29 is 9.47 Å². The van der Waals surface area contributed by atoms with Crippen LogP contribution in [-0.4, -0.2) is 67.7 Å². The van der Waals surface area contributed by atoms with Gasteiger partial charge in [-0.15, -0.1) is 0 Å². The smallest absolute Gasteiger partial charge is 0.194 e. The van der Waals surface area contributed by atoms with Gasteiger partial charge in [-0.1, -0.05) is 6.07 Å². The number of benzene rings is 1. The maximum absolute atomic E-state index is 5.53. The summed E-state index contributed by atoms with van der Waals surface area (Å²) in [7, 11) is 3.41. The average molecular weight is 412 g/mol. The molecule has 1 saturated heterocycles. The highest BCUT2D eigenvalue weighted by molar-refractivity contribution is 5.80. The lowest BCUT2D eigenvalue weighted by atomic mass is 10.1. The van der Waals surface area contributed by atoms with Crippen molar-refractivity contribution in [1.82, 2.24) is 20.1 Å². The Balaban J connectivity index is 1.61. The van der Waals surface area contributed by atoms with Crippen LogP contribution in [0.25, 0.3) is 0 Å². The number of pyridine rings is 1. The predicted octanol–water partition coefficient (Wildman–Crippen LogP) is 2.69. The number of hydrogen-bond acceptors (Lipinski definition) is 5. The van der Waals surface area contributed by atoms with E-state index in [9.17, 15) is 0 Å². The lowest BCUT2D eigenvalue weighted by Gasteiger charge is -2.36. The fourth-order valence-corrected chi connectivity index (χ4v) is 3.63. The van der Waals surface area contributed by atoms with Gasteiger partial charge in [-0.25, -0.2) is 4.99 Å². The Bertz CT molecular complexity index is 847. The van der Waals surface area contributed by atoms with Gasteiger partial charge in [-0.2, -0.15) is 0 Å². The van der Waals surface area contributed by atoms with E-state index in [2.05, 4.69) is 33.1 Å². The zero-order valence-corrected chi connectivity index (χ0v) is 18.5. The lowest BCUT2D eigenvalue weighted by Crippen LogP contribution is -2.52. The molecule has 1 aliphatic heterocycles.